The monoisotopic (exact) mass is 474 g/mol. The van der Waals surface area contributed by atoms with E-state index in [0.29, 0.717) is 0 Å². The van der Waals surface area contributed by atoms with Gasteiger partial charge >= 0.3 is 23.9 Å². The Kier molecular flexibility index (Phi) is 9.82. The number of hydrogen-bond acceptors (Lipinski definition) is 10. The molecule has 8 atom stereocenters. The fourth-order valence-corrected chi connectivity index (χ4v) is 6.10. The Bertz CT molecular complexity index is 695. The molecule has 9 nitrogen and oxygen atoms in total. The van der Waals surface area contributed by atoms with Crippen LogP contribution in [0.3, 0.4) is 0 Å². The topological polar surface area (TPSA) is 114 Å². The Hall–Kier alpha value is -1.81. The van der Waals surface area contributed by atoms with Gasteiger partial charge in [-0.25, -0.2) is 0 Å². The maximum atomic E-state index is 11.8. The van der Waals surface area contributed by atoms with Crippen LogP contribution in [0.1, 0.15) is 60.8 Å². The average Bonchev–Trinajstić information content (AvgIpc) is 2.67. The number of rotatable bonds is 7. The molecule has 1 aliphatic heterocycles. The highest BCUT2D eigenvalue weighted by atomic mass is 32.2. The zero-order valence-corrected chi connectivity index (χ0v) is 20.3. The van der Waals surface area contributed by atoms with Crippen LogP contribution in [0.5, 0.6) is 0 Å². The Morgan fingerprint density at radius 2 is 1.38 bits per heavy atom. The third kappa shape index (κ3) is 7.37. The third-order valence-corrected chi connectivity index (χ3v) is 7.22. The van der Waals surface area contributed by atoms with Crippen LogP contribution in [0.4, 0.5) is 0 Å². The van der Waals surface area contributed by atoms with Gasteiger partial charge in [-0.05, 0) is 18.8 Å². The van der Waals surface area contributed by atoms with Crippen LogP contribution in [-0.2, 0) is 42.9 Å². The summed E-state index contributed by atoms with van der Waals surface area (Å²) in [5, 5.41) is -0.0578. The standard InChI is InChI=1S/C22H34O9S/c1-11-8-7-9-18(19(11)28-14(4)24)32-22-21(30-16(6)26)12(2)20(29-15(5)25)17(31-22)10-27-13(3)23/h11-12,17-22H,7-10H2,1-6H3. The van der Waals surface area contributed by atoms with Crippen LogP contribution in [0, 0.1) is 11.8 Å². The van der Waals surface area contributed by atoms with Gasteiger partial charge in [0.15, 0.2) is 0 Å². The van der Waals surface area contributed by atoms with E-state index in [-0.39, 0.29) is 29.8 Å². The van der Waals surface area contributed by atoms with Crippen molar-refractivity contribution in [2.45, 2.75) is 95.9 Å². The molecule has 8 unspecified atom stereocenters. The minimum absolute atomic E-state index is 0.0578. The second-order valence-electron chi connectivity index (χ2n) is 8.51. The van der Waals surface area contributed by atoms with E-state index in [2.05, 4.69) is 6.92 Å². The molecule has 1 saturated heterocycles. The molecule has 0 aromatic rings. The molecule has 2 fully saturated rings. The number of carbonyl (C=O) groups is 4. The Balaban J connectivity index is 2.29. The average molecular weight is 475 g/mol. The highest BCUT2D eigenvalue weighted by Crippen LogP contribution is 2.42. The molecule has 2 aliphatic rings. The maximum Gasteiger partial charge on any atom is 0.303 e. The predicted octanol–water partition coefficient (Wildman–Crippen LogP) is 2.63. The molecule has 1 saturated carbocycles. The van der Waals surface area contributed by atoms with E-state index >= 15 is 0 Å². The zero-order chi connectivity index (χ0) is 24.0. The molecule has 2 rings (SSSR count). The lowest BCUT2D eigenvalue weighted by molar-refractivity contribution is -0.212. The minimum Gasteiger partial charge on any atom is -0.463 e. The van der Waals surface area contributed by atoms with E-state index in [1.165, 1.54) is 39.5 Å². The van der Waals surface area contributed by atoms with Crippen molar-refractivity contribution in [2.24, 2.45) is 11.8 Å². The zero-order valence-electron chi connectivity index (χ0n) is 19.5. The van der Waals surface area contributed by atoms with Crippen molar-refractivity contribution in [2.75, 3.05) is 6.61 Å². The number of esters is 4. The van der Waals surface area contributed by atoms with Crippen molar-refractivity contribution in [3.05, 3.63) is 0 Å². The van der Waals surface area contributed by atoms with E-state index in [1.807, 2.05) is 6.92 Å². The molecule has 182 valence electrons. The lowest BCUT2D eigenvalue weighted by atomic mass is 9.87. The number of thioether (sulfide) groups is 1. The maximum absolute atomic E-state index is 11.8. The summed E-state index contributed by atoms with van der Waals surface area (Å²) in [4.78, 5) is 46.6. The summed E-state index contributed by atoms with van der Waals surface area (Å²) in [6.45, 7) is 9.03. The van der Waals surface area contributed by atoms with Gasteiger partial charge in [-0.3, -0.25) is 19.2 Å². The second-order valence-corrected chi connectivity index (χ2v) is 9.85. The molecule has 0 bridgehead atoms. The van der Waals surface area contributed by atoms with Gasteiger partial charge in [0.2, 0.25) is 0 Å². The van der Waals surface area contributed by atoms with Gasteiger partial charge < -0.3 is 23.7 Å². The summed E-state index contributed by atoms with van der Waals surface area (Å²) >= 11 is 1.45. The fourth-order valence-electron chi connectivity index (χ4n) is 4.31. The number of carbonyl (C=O) groups excluding carboxylic acids is 4. The Labute approximate surface area is 193 Å². The first-order valence-corrected chi connectivity index (χ1v) is 11.9. The second kappa shape index (κ2) is 11.9. The van der Waals surface area contributed by atoms with Gasteiger partial charge in [0.1, 0.15) is 36.5 Å². The summed E-state index contributed by atoms with van der Waals surface area (Å²) in [5.74, 6) is -2.05. The van der Waals surface area contributed by atoms with Crippen LogP contribution >= 0.6 is 11.8 Å². The van der Waals surface area contributed by atoms with Gasteiger partial charge in [0, 0.05) is 38.9 Å². The third-order valence-electron chi connectivity index (χ3n) is 5.72. The smallest absolute Gasteiger partial charge is 0.303 e. The van der Waals surface area contributed by atoms with Crippen LogP contribution in [0.15, 0.2) is 0 Å². The first-order valence-electron chi connectivity index (χ1n) is 11.0. The molecule has 0 aromatic carbocycles. The van der Waals surface area contributed by atoms with Crippen LogP contribution in [0.2, 0.25) is 0 Å². The van der Waals surface area contributed by atoms with Crippen molar-refractivity contribution in [3.63, 3.8) is 0 Å². The van der Waals surface area contributed by atoms with Crippen LogP contribution < -0.4 is 0 Å². The van der Waals surface area contributed by atoms with Crippen molar-refractivity contribution < 1.29 is 42.9 Å². The van der Waals surface area contributed by atoms with E-state index in [1.54, 1.807) is 0 Å². The van der Waals surface area contributed by atoms with Gasteiger partial charge in [0.25, 0.3) is 0 Å². The SMILES string of the molecule is CC(=O)OCC1OC(SC2CCCC(C)C2OC(C)=O)C(OC(C)=O)C(C)C1OC(C)=O. The van der Waals surface area contributed by atoms with E-state index in [0.717, 1.165) is 19.3 Å². The summed E-state index contributed by atoms with van der Waals surface area (Å²) < 4.78 is 28.0. The van der Waals surface area contributed by atoms with Crippen molar-refractivity contribution >= 4 is 35.6 Å². The largest absolute Gasteiger partial charge is 0.463 e. The van der Waals surface area contributed by atoms with E-state index in [4.69, 9.17) is 23.7 Å². The Morgan fingerprint density at radius 1 is 0.812 bits per heavy atom. The summed E-state index contributed by atoms with van der Waals surface area (Å²) in [5.41, 5.74) is -0.616. The summed E-state index contributed by atoms with van der Waals surface area (Å²) in [6.07, 6.45) is 0.262. The quantitative estimate of drug-likeness (QED) is 0.403. The van der Waals surface area contributed by atoms with E-state index < -0.39 is 47.6 Å². The molecule has 0 radical (unpaired) electrons. The summed E-state index contributed by atoms with van der Waals surface area (Å²) in [7, 11) is 0. The molecule has 0 N–H and O–H groups in total. The molecule has 1 aliphatic carbocycles. The fraction of sp³-hybridized carbons (Fsp3) is 0.818. The normalized spacial score (nSPS) is 34.8. The number of ether oxygens (including phenoxy) is 5. The van der Waals surface area contributed by atoms with Crippen molar-refractivity contribution in [1.29, 1.82) is 0 Å². The summed E-state index contributed by atoms with van der Waals surface area (Å²) in [6, 6.07) is 0. The molecule has 0 spiro atoms. The van der Waals surface area contributed by atoms with Gasteiger partial charge in [-0.15, -0.1) is 11.8 Å². The van der Waals surface area contributed by atoms with Gasteiger partial charge in [-0.2, -0.15) is 0 Å². The molecule has 0 aromatic heterocycles. The molecule has 0 amide bonds. The predicted molar refractivity (Wildman–Crippen MR) is 116 cm³/mol. The molecule has 10 heteroatoms. The van der Waals surface area contributed by atoms with E-state index in [9.17, 15) is 19.2 Å². The van der Waals surface area contributed by atoms with Gasteiger partial charge in [-0.1, -0.05) is 20.3 Å². The molecular formula is C22H34O9S. The first kappa shape index (κ1) is 26.4. The Morgan fingerprint density at radius 3 is 1.94 bits per heavy atom. The van der Waals surface area contributed by atoms with Crippen LogP contribution in [-0.4, -0.2) is 65.6 Å². The lowest BCUT2D eigenvalue weighted by Gasteiger charge is -2.46. The number of hydrogen-bond donors (Lipinski definition) is 0. The first-order chi connectivity index (χ1) is 15.0. The molecule has 32 heavy (non-hydrogen) atoms. The highest BCUT2D eigenvalue weighted by molar-refractivity contribution is 8.00. The highest BCUT2D eigenvalue weighted by Gasteiger charge is 2.49. The van der Waals surface area contributed by atoms with Gasteiger partial charge in [0.05, 0.1) is 0 Å². The minimum atomic E-state index is -0.761. The van der Waals surface area contributed by atoms with Crippen molar-refractivity contribution in [1.82, 2.24) is 0 Å². The van der Waals surface area contributed by atoms with Crippen molar-refractivity contribution in [3.8, 4) is 0 Å². The lowest BCUT2D eigenvalue weighted by Crippen LogP contribution is -2.57. The molecular weight excluding hydrogens is 440 g/mol. The van der Waals surface area contributed by atoms with Crippen LogP contribution in [0.25, 0.3) is 0 Å². The molecule has 1 heterocycles.